The number of rotatable bonds is 4. The molecule has 0 amide bonds. The number of Topliss-reactive ketones (excluding diaryl/α,β-unsaturated/α-hetero) is 1. The van der Waals surface area contributed by atoms with Crippen molar-refractivity contribution in [3.05, 3.63) is 88.0 Å². The van der Waals surface area contributed by atoms with Gasteiger partial charge in [-0.1, -0.05) is 86.5 Å². The molecule has 0 N–H and O–H groups in total. The Balaban J connectivity index is 1.90. The van der Waals surface area contributed by atoms with Crippen LogP contribution in [0.25, 0.3) is 6.08 Å². The lowest BCUT2D eigenvalue weighted by atomic mass is 9.54. The van der Waals surface area contributed by atoms with Crippen molar-refractivity contribution in [3.8, 4) is 0 Å². The zero-order chi connectivity index (χ0) is 25.4. The maximum Gasteiger partial charge on any atom is 0.334 e. The van der Waals surface area contributed by atoms with Gasteiger partial charge in [0.05, 0.1) is 12.0 Å². The molecule has 0 heterocycles. The smallest absolute Gasteiger partial charge is 0.334 e. The third kappa shape index (κ3) is 4.78. The largest absolute Gasteiger partial charge is 0.463 e. The Morgan fingerprint density at radius 3 is 2.20 bits per heavy atom. The third-order valence-electron chi connectivity index (χ3n) is 7.98. The third-order valence-corrected chi connectivity index (χ3v) is 7.98. The van der Waals surface area contributed by atoms with Crippen molar-refractivity contribution in [2.45, 2.75) is 66.7 Å². The van der Waals surface area contributed by atoms with Crippen LogP contribution in [-0.4, -0.2) is 18.4 Å². The summed E-state index contributed by atoms with van der Waals surface area (Å²) in [7, 11) is 0. The first kappa shape index (κ1) is 25.2. The lowest BCUT2D eigenvalue weighted by Gasteiger charge is -2.47. The molecule has 3 heteroatoms. The van der Waals surface area contributed by atoms with E-state index in [0.717, 1.165) is 16.7 Å². The van der Waals surface area contributed by atoms with Gasteiger partial charge in [0.2, 0.25) is 0 Å². The Labute approximate surface area is 210 Å². The van der Waals surface area contributed by atoms with Gasteiger partial charge in [0.15, 0.2) is 5.78 Å². The average Bonchev–Trinajstić information content (AvgIpc) is 3.18. The van der Waals surface area contributed by atoms with Gasteiger partial charge in [-0.2, -0.15) is 0 Å². The molecule has 184 valence electrons. The predicted molar refractivity (Wildman–Crippen MR) is 142 cm³/mol. The second-order valence-electron chi connectivity index (χ2n) is 11.4. The van der Waals surface area contributed by atoms with E-state index in [0.29, 0.717) is 31.4 Å². The first-order chi connectivity index (χ1) is 16.6. The Hall–Kier alpha value is -2.94. The summed E-state index contributed by atoms with van der Waals surface area (Å²) in [6.07, 6.45) is 6.07. The molecule has 0 saturated heterocycles. The van der Waals surface area contributed by atoms with E-state index in [4.69, 9.17) is 4.74 Å². The summed E-state index contributed by atoms with van der Waals surface area (Å²) in [6, 6.07) is 16.7. The van der Waals surface area contributed by atoms with Crippen LogP contribution in [0.1, 0.15) is 75.1 Å². The molecule has 3 nitrogen and oxygen atoms in total. The first-order valence-electron chi connectivity index (χ1n) is 12.8. The molecular weight excluding hydrogens is 432 g/mol. The molecule has 4 rings (SSSR count). The van der Waals surface area contributed by atoms with Gasteiger partial charge in [0.1, 0.15) is 0 Å². The van der Waals surface area contributed by atoms with Crippen LogP contribution >= 0.6 is 0 Å². The van der Waals surface area contributed by atoms with E-state index in [9.17, 15) is 9.59 Å². The molecule has 1 spiro atoms. The quantitative estimate of drug-likeness (QED) is 0.346. The number of carbonyl (C=O) groups excluding carboxylic acids is 2. The number of esters is 1. The fourth-order valence-corrected chi connectivity index (χ4v) is 5.83. The summed E-state index contributed by atoms with van der Waals surface area (Å²) < 4.78 is 5.51. The predicted octanol–water partition coefficient (Wildman–Crippen LogP) is 7.38. The molecule has 0 bridgehead atoms. The minimum atomic E-state index is -0.908. The number of aryl methyl sites for hydroxylation is 2. The fourth-order valence-electron chi connectivity index (χ4n) is 5.83. The van der Waals surface area contributed by atoms with E-state index < -0.39 is 5.41 Å². The van der Waals surface area contributed by atoms with Crippen molar-refractivity contribution in [1.82, 2.24) is 0 Å². The Morgan fingerprint density at radius 2 is 1.63 bits per heavy atom. The molecule has 35 heavy (non-hydrogen) atoms. The standard InChI is InChI=1S/C32H38O3/c1-7-35-30(34)28-17-16-27(24-14-10-22(3)11-15-24)32(28)20-26(31(4,5)6)19-25(29(32)33)18-23-12-8-21(2)9-13-23/h8-15,17-18,26-27H,7,16,19-20H2,1-6H3/b25-18+/t26?,27-,32-/m1/s1. The molecule has 0 radical (unpaired) electrons. The molecule has 1 fully saturated rings. The van der Waals surface area contributed by atoms with Crippen LogP contribution in [0, 0.1) is 30.6 Å². The molecule has 2 aliphatic carbocycles. The molecule has 0 aromatic heterocycles. The van der Waals surface area contributed by atoms with Crippen LogP contribution in [0.2, 0.25) is 0 Å². The SMILES string of the molecule is CCOC(=O)C1=CC[C@H](c2ccc(C)cc2)[C@]12CC(C(C)(C)C)C/C(=C\c1ccc(C)cc1)C2=O. The Bertz CT molecular complexity index is 1160. The van der Waals surface area contributed by atoms with Gasteiger partial charge in [0.25, 0.3) is 0 Å². The van der Waals surface area contributed by atoms with Crippen LogP contribution in [0.15, 0.2) is 65.8 Å². The van der Waals surface area contributed by atoms with Crippen molar-refractivity contribution in [3.63, 3.8) is 0 Å². The van der Waals surface area contributed by atoms with Gasteiger partial charge in [-0.15, -0.1) is 0 Å². The second-order valence-corrected chi connectivity index (χ2v) is 11.4. The number of hydrogen-bond donors (Lipinski definition) is 0. The summed E-state index contributed by atoms with van der Waals surface area (Å²) in [4.78, 5) is 27.8. The van der Waals surface area contributed by atoms with Gasteiger partial charge in [0, 0.05) is 11.5 Å². The lowest BCUT2D eigenvalue weighted by Crippen LogP contribution is -2.47. The van der Waals surface area contributed by atoms with E-state index in [2.05, 4.69) is 89.2 Å². The number of benzene rings is 2. The van der Waals surface area contributed by atoms with Crippen molar-refractivity contribution in [1.29, 1.82) is 0 Å². The summed E-state index contributed by atoms with van der Waals surface area (Å²) in [6.45, 7) is 13.0. The van der Waals surface area contributed by atoms with Crippen LogP contribution in [-0.2, 0) is 14.3 Å². The van der Waals surface area contributed by atoms with Gasteiger partial charge < -0.3 is 4.74 Å². The van der Waals surface area contributed by atoms with Crippen molar-refractivity contribution in [2.24, 2.45) is 16.7 Å². The summed E-state index contributed by atoms with van der Waals surface area (Å²) in [5.74, 6) is -0.0944. The van der Waals surface area contributed by atoms with Gasteiger partial charge in [-0.05, 0) is 74.1 Å². The number of ether oxygens (including phenoxy) is 1. The highest BCUT2D eigenvalue weighted by Crippen LogP contribution is 2.60. The zero-order valence-corrected chi connectivity index (χ0v) is 22.0. The van der Waals surface area contributed by atoms with Crippen molar-refractivity contribution < 1.29 is 14.3 Å². The minimum absolute atomic E-state index is 0.0136. The number of carbonyl (C=O) groups is 2. The number of allylic oxidation sites excluding steroid dienone is 2. The second kappa shape index (κ2) is 9.60. The Morgan fingerprint density at radius 1 is 1.03 bits per heavy atom. The van der Waals surface area contributed by atoms with Crippen molar-refractivity contribution in [2.75, 3.05) is 6.61 Å². The monoisotopic (exact) mass is 470 g/mol. The maximum atomic E-state index is 14.5. The molecule has 0 aliphatic heterocycles. The van der Waals surface area contributed by atoms with Gasteiger partial charge >= 0.3 is 5.97 Å². The molecule has 1 saturated carbocycles. The van der Waals surface area contributed by atoms with E-state index in [1.807, 2.05) is 13.0 Å². The normalized spacial score (nSPS) is 25.7. The molecule has 1 unspecified atom stereocenters. The maximum absolute atomic E-state index is 14.5. The highest BCUT2D eigenvalue weighted by Gasteiger charge is 2.59. The Kier molecular flexibility index (Phi) is 6.90. The highest BCUT2D eigenvalue weighted by atomic mass is 16.5. The zero-order valence-electron chi connectivity index (χ0n) is 22.0. The van der Waals surface area contributed by atoms with Crippen LogP contribution in [0.3, 0.4) is 0 Å². The van der Waals surface area contributed by atoms with E-state index in [1.54, 1.807) is 0 Å². The summed E-state index contributed by atoms with van der Waals surface area (Å²) in [5, 5.41) is 0. The van der Waals surface area contributed by atoms with Crippen LogP contribution in [0.5, 0.6) is 0 Å². The van der Waals surface area contributed by atoms with E-state index in [1.165, 1.54) is 11.1 Å². The summed E-state index contributed by atoms with van der Waals surface area (Å²) >= 11 is 0. The molecular formula is C32H38O3. The lowest BCUT2D eigenvalue weighted by molar-refractivity contribution is -0.143. The van der Waals surface area contributed by atoms with E-state index >= 15 is 0 Å². The van der Waals surface area contributed by atoms with E-state index in [-0.39, 0.29) is 29.0 Å². The van der Waals surface area contributed by atoms with Crippen molar-refractivity contribution >= 4 is 17.8 Å². The minimum Gasteiger partial charge on any atom is -0.463 e. The average molecular weight is 471 g/mol. The van der Waals surface area contributed by atoms with Gasteiger partial charge in [-0.25, -0.2) is 4.79 Å². The topological polar surface area (TPSA) is 43.4 Å². The molecule has 2 aliphatic rings. The molecule has 2 aromatic rings. The summed E-state index contributed by atoms with van der Waals surface area (Å²) in [5.41, 5.74) is 4.96. The van der Waals surface area contributed by atoms with Crippen LogP contribution < -0.4 is 0 Å². The molecule has 3 atom stereocenters. The highest BCUT2D eigenvalue weighted by molar-refractivity contribution is 6.12. The first-order valence-corrected chi connectivity index (χ1v) is 12.8. The van der Waals surface area contributed by atoms with Gasteiger partial charge in [-0.3, -0.25) is 4.79 Å². The van der Waals surface area contributed by atoms with Crippen LogP contribution in [0.4, 0.5) is 0 Å². The molecule has 2 aromatic carbocycles. The number of hydrogen-bond acceptors (Lipinski definition) is 3. The number of ketones is 1. The fraction of sp³-hybridized carbons (Fsp3) is 0.438.